The Balaban J connectivity index is 1.53. The van der Waals surface area contributed by atoms with Crippen LogP contribution in [0.3, 0.4) is 0 Å². The van der Waals surface area contributed by atoms with Crippen molar-refractivity contribution >= 4 is 5.91 Å². The van der Waals surface area contributed by atoms with E-state index in [1.807, 2.05) is 25.2 Å². The molecule has 0 aliphatic carbocycles. The highest BCUT2D eigenvalue weighted by Crippen LogP contribution is 2.24. The number of aryl methyl sites for hydroxylation is 1. The van der Waals surface area contributed by atoms with Crippen LogP contribution < -0.4 is 10.1 Å². The number of benzene rings is 1. The number of carbonyl (C=O) groups excluding carboxylic acids is 1. The van der Waals surface area contributed by atoms with Gasteiger partial charge in [-0.3, -0.25) is 9.48 Å². The molecule has 0 fully saturated rings. The molecule has 0 unspecified atom stereocenters. The van der Waals surface area contributed by atoms with Crippen LogP contribution in [0.1, 0.15) is 42.5 Å². The van der Waals surface area contributed by atoms with Gasteiger partial charge in [-0.2, -0.15) is 10.2 Å². The van der Waals surface area contributed by atoms with Crippen molar-refractivity contribution in [2.24, 2.45) is 7.05 Å². The van der Waals surface area contributed by atoms with Gasteiger partial charge in [0.2, 0.25) is 0 Å². The van der Waals surface area contributed by atoms with E-state index in [1.54, 1.807) is 27.8 Å². The van der Waals surface area contributed by atoms with E-state index in [0.29, 0.717) is 12.2 Å². The number of hydrogen-bond acceptors (Lipinski definition) is 4. The molecule has 0 aliphatic rings. The highest BCUT2D eigenvalue weighted by atomic mass is 16.5. The molecule has 0 saturated carbocycles. The minimum Gasteiger partial charge on any atom is -0.471 e. The van der Waals surface area contributed by atoms with E-state index in [1.165, 1.54) is 5.56 Å². The van der Waals surface area contributed by atoms with Crippen molar-refractivity contribution in [3.8, 4) is 5.75 Å². The number of nitrogens with one attached hydrogen (secondary N) is 1. The van der Waals surface area contributed by atoms with Crippen LogP contribution in [0, 0.1) is 0 Å². The number of hydrogen-bond donors (Lipinski definition) is 1. The summed E-state index contributed by atoms with van der Waals surface area (Å²) in [6.07, 6.45) is 3.42. The van der Waals surface area contributed by atoms with Crippen LogP contribution in [-0.4, -0.2) is 25.5 Å². The Morgan fingerprint density at radius 2 is 1.89 bits per heavy atom. The average molecular weight is 367 g/mol. The first-order chi connectivity index (χ1) is 12.8. The van der Waals surface area contributed by atoms with Gasteiger partial charge in [0, 0.05) is 19.4 Å². The highest BCUT2D eigenvalue weighted by Gasteiger charge is 2.13. The summed E-state index contributed by atoms with van der Waals surface area (Å²) in [6.45, 7) is 7.16. The van der Waals surface area contributed by atoms with Crippen LogP contribution in [-0.2, 0) is 25.7 Å². The zero-order valence-electron chi connectivity index (χ0n) is 16.1. The van der Waals surface area contributed by atoms with E-state index >= 15 is 0 Å². The quantitative estimate of drug-likeness (QED) is 0.727. The summed E-state index contributed by atoms with van der Waals surface area (Å²) in [5.74, 6) is 0.533. The number of ether oxygens (including phenoxy) is 1. The molecule has 2 aromatic heterocycles. The van der Waals surface area contributed by atoms with Gasteiger partial charge in [-0.15, -0.1) is 0 Å². The molecule has 7 nitrogen and oxygen atoms in total. The fourth-order valence-electron chi connectivity index (χ4n) is 2.58. The molecule has 3 aromatic rings. The van der Waals surface area contributed by atoms with Gasteiger partial charge in [0.25, 0.3) is 5.91 Å². The number of carbonyl (C=O) groups is 1. The zero-order valence-corrected chi connectivity index (χ0v) is 16.1. The molecule has 2 heterocycles. The van der Waals surface area contributed by atoms with Gasteiger partial charge in [0.15, 0.2) is 6.73 Å². The van der Waals surface area contributed by atoms with Gasteiger partial charge < -0.3 is 10.1 Å². The first kappa shape index (κ1) is 18.7. The Hall–Kier alpha value is -3.09. The van der Waals surface area contributed by atoms with Crippen molar-refractivity contribution in [3.05, 3.63) is 65.7 Å². The van der Waals surface area contributed by atoms with Crippen molar-refractivity contribution in [1.29, 1.82) is 0 Å². The molecule has 1 N–H and O–H groups in total. The largest absolute Gasteiger partial charge is 0.471 e. The van der Waals surface area contributed by atoms with Gasteiger partial charge in [-0.1, -0.05) is 32.9 Å². The topological polar surface area (TPSA) is 74.0 Å². The normalized spacial score (nSPS) is 11.4. The van der Waals surface area contributed by atoms with E-state index in [-0.39, 0.29) is 18.1 Å². The van der Waals surface area contributed by atoms with Crippen molar-refractivity contribution < 1.29 is 9.53 Å². The van der Waals surface area contributed by atoms with Crippen LogP contribution in [0.5, 0.6) is 5.75 Å². The molecule has 0 radical (unpaired) electrons. The SMILES string of the molecule is Cn1nccc1CNC(=O)c1ccn(COc2ccc(C(C)(C)C)cc2)n1. The van der Waals surface area contributed by atoms with Gasteiger partial charge in [-0.25, -0.2) is 4.68 Å². The summed E-state index contributed by atoms with van der Waals surface area (Å²) in [6, 6.07) is 11.6. The van der Waals surface area contributed by atoms with Gasteiger partial charge in [-0.05, 0) is 35.2 Å². The Kier molecular flexibility index (Phi) is 5.30. The summed E-state index contributed by atoms with van der Waals surface area (Å²) >= 11 is 0. The van der Waals surface area contributed by atoms with Crippen molar-refractivity contribution in [2.45, 2.75) is 39.5 Å². The molecule has 0 aliphatic heterocycles. The lowest BCUT2D eigenvalue weighted by Gasteiger charge is -2.19. The van der Waals surface area contributed by atoms with E-state index < -0.39 is 0 Å². The maximum absolute atomic E-state index is 12.2. The van der Waals surface area contributed by atoms with Gasteiger partial charge in [0.1, 0.15) is 11.4 Å². The Labute approximate surface area is 159 Å². The molecule has 1 amide bonds. The Morgan fingerprint density at radius 3 is 2.52 bits per heavy atom. The summed E-state index contributed by atoms with van der Waals surface area (Å²) < 4.78 is 9.06. The van der Waals surface area contributed by atoms with E-state index in [0.717, 1.165) is 11.4 Å². The molecule has 7 heteroatoms. The molecule has 3 rings (SSSR count). The lowest BCUT2D eigenvalue weighted by atomic mass is 9.87. The number of rotatable bonds is 6. The maximum atomic E-state index is 12.2. The standard InChI is InChI=1S/C20H25N5O2/c1-20(2,3)15-5-7-17(8-6-15)27-14-25-12-10-18(23-25)19(26)21-13-16-9-11-22-24(16)4/h5-12H,13-14H2,1-4H3,(H,21,26). The fraction of sp³-hybridized carbons (Fsp3) is 0.350. The third-order valence-corrected chi connectivity index (χ3v) is 4.31. The first-order valence-electron chi connectivity index (χ1n) is 8.85. The van der Waals surface area contributed by atoms with Crippen LogP contribution in [0.2, 0.25) is 0 Å². The molecule has 0 bridgehead atoms. The summed E-state index contributed by atoms with van der Waals surface area (Å²) in [7, 11) is 1.83. The smallest absolute Gasteiger partial charge is 0.272 e. The van der Waals surface area contributed by atoms with Crippen molar-refractivity contribution in [1.82, 2.24) is 24.9 Å². The van der Waals surface area contributed by atoms with Crippen molar-refractivity contribution in [2.75, 3.05) is 0 Å². The average Bonchev–Trinajstić information content (AvgIpc) is 3.26. The van der Waals surface area contributed by atoms with Crippen LogP contribution in [0.4, 0.5) is 0 Å². The third-order valence-electron chi connectivity index (χ3n) is 4.31. The Bertz CT molecular complexity index is 903. The molecular weight excluding hydrogens is 342 g/mol. The lowest BCUT2D eigenvalue weighted by Crippen LogP contribution is -2.24. The lowest BCUT2D eigenvalue weighted by molar-refractivity contribution is 0.0943. The second-order valence-corrected chi connectivity index (χ2v) is 7.42. The predicted octanol–water partition coefficient (Wildman–Crippen LogP) is 2.88. The number of amides is 1. The van der Waals surface area contributed by atoms with Gasteiger partial charge in [0.05, 0.1) is 12.2 Å². The fourth-order valence-corrected chi connectivity index (χ4v) is 2.58. The van der Waals surface area contributed by atoms with E-state index in [4.69, 9.17) is 4.74 Å². The van der Waals surface area contributed by atoms with E-state index in [2.05, 4.69) is 48.4 Å². The second kappa shape index (κ2) is 7.65. The molecule has 0 atom stereocenters. The second-order valence-electron chi connectivity index (χ2n) is 7.42. The number of aromatic nitrogens is 4. The highest BCUT2D eigenvalue weighted by molar-refractivity contribution is 5.92. The summed E-state index contributed by atoms with van der Waals surface area (Å²) in [5.41, 5.74) is 2.63. The molecule has 1 aromatic carbocycles. The molecular formula is C20H25N5O2. The van der Waals surface area contributed by atoms with Crippen LogP contribution in [0.25, 0.3) is 0 Å². The molecule has 0 saturated heterocycles. The predicted molar refractivity (Wildman–Crippen MR) is 102 cm³/mol. The first-order valence-corrected chi connectivity index (χ1v) is 8.85. The Morgan fingerprint density at radius 1 is 1.15 bits per heavy atom. The monoisotopic (exact) mass is 367 g/mol. The maximum Gasteiger partial charge on any atom is 0.272 e. The molecule has 142 valence electrons. The van der Waals surface area contributed by atoms with Crippen molar-refractivity contribution in [3.63, 3.8) is 0 Å². The minimum absolute atomic E-state index is 0.109. The van der Waals surface area contributed by atoms with Crippen LogP contribution in [0.15, 0.2) is 48.8 Å². The minimum atomic E-state index is -0.232. The summed E-state index contributed by atoms with van der Waals surface area (Å²) in [4.78, 5) is 12.2. The number of nitrogens with zero attached hydrogens (tertiary/aromatic N) is 4. The zero-order chi connectivity index (χ0) is 19.4. The van der Waals surface area contributed by atoms with E-state index in [9.17, 15) is 4.79 Å². The third kappa shape index (κ3) is 4.75. The molecule has 0 spiro atoms. The van der Waals surface area contributed by atoms with Crippen LogP contribution >= 0.6 is 0 Å². The summed E-state index contributed by atoms with van der Waals surface area (Å²) in [5, 5.41) is 11.2. The molecule has 27 heavy (non-hydrogen) atoms. The van der Waals surface area contributed by atoms with Gasteiger partial charge >= 0.3 is 0 Å².